The summed E-state index contributed by atoms with van der Waals surface area (Å²) in [6.07, 6.45) is 2.27. The first-order valence-electron chi connectivity index (χ1n) is 7.84. The molecule has 2 aromatic carbocycles. The smallest absolute Gasteiger partial charge is 0.269 e. The number of allylic oxidation sites excluding steroid dienone is 2. The highest BCUT2D eigenvalue weighted by Gasteiger charge is 2.15. The van der Waals surface area contributed by atoms with Crippen LogP contribution in [0.1, 0.15) is 35.7 Å². The largest absolute Gasteiger partial charge is 0.303 e. The number of nitrogens with one attached hydrogen (secondary N) is 2. The van der Waals surface area contributed by atoms with Crippen LogP contribution in [0.3, 0.4) is 0 Å². The molecule has 3 rings (SSSR count). The molecule has 2 N–H and O–H groups in total. The van der Waals surface area contributed by atoms with Gasteiger partial charge in [0, 0.05) is 26.9 Å². The fraction of sp³-hybridized carbons (Fsp3) is 0.211. The Labute approximate surface area is 151 Å². The summed E-state index contributed by atoms with van der Waals surface area (Å²) in [4.78, 5) is 13.3. The van der Waals surface area contributed by atoms with E-state index in [0.29, 0.717) is 5.56 Å². The number of hydrazine groups is 1. The molecule has 0 radical (unpaired) electrons. The lowest BCUT2D eigenvalue weighted by atomic mass is 10.1. The number of benzene rings is 2. The molecule has 0 atom stereocenters. The van der Waals surface area contributed by atoms with Gasteiger partial charge in [0.1, 0.15) is 0 Å². The van der Waals surface area contributed by atoms with E-state index in [2.05, 4.69) is 10.9 Å². The van der Waals surface area contributed by atoms with E-state index in [-0.39, 0.29) is 5.91 Å². The molecule has 0 spiro atoms. The van der Waals surface area contributed by atoms with Crippen molar-refractivity contribution in [3.8, 4) is 0 Å². The van der Waals surface area contributed by atoms with Gasteiger partial charge in [-0.3, -0.25) is 10.2 Å². The van der Waals surface area contributed by atoms with Crippen LogP contribution in [0.2, 0.25) is 5.02 Å². The molecule has 24 heavy (non-hydrogen) atoms. The van der Waals surface area contributed by atoms with E-state index in [4.69, 9.17) is 11.6 Å². The van der Waals surface area contributed by atoms with Gasteiger partial charge in [0.2, 0.25) is 0 Å². The van der Waals surface area contributed by atoms with Crippen molar-refractivity contribution in [2.24, 2.45) is 0 Å². The van der Waals surface area contributed by atoms with Gasteiger partial charge in [-0.2, -0.15) is 0 Å². The maximum absolute atomic E-state index is 12.1. The van der Waals surface area contributed by atoms with Gasteiger partial charge in [-0.25, -0.2) is 0 Å². The molecular formula is C19H19ClN2OS. The number of hydrogen-bond donors (Lipinski definition) is 2. The van der Waals surface area contributed by atoms with Crippen LogP contribution < -0.4 is 10.9 Å². The monoisotopic (exact) mass is 358 g/mol. The summed E-state index contributed by atoms with van der Waals surface area (Å²) in [6.45, 7) is 1.99. The predicted octanol–water partition coefficient (Wildman–Crippen LogP) is 4.93. The van der Waals surface area contributed by atoms with Gasteiger partial charge in [-0.15, -0.1) is 11.8 Å². The molecule has 0 aliphatic heterocycles. The van der Waals surface area contributed by atoms with Gasteiger partial charge in [-0.05, 0) is 67.3 Å². The van der Waals surface area contributed by atoms with E-state index < -0.39 is 0 Å². The first kappa shape index (κ1) is 16.9. The highest BCUT2D eigenvalue weighted by molar-refractivity contribution is 7.98. The average Bonchev–Trinajstić information content (AvgIpc) is 3.44. The lowest BCUT2D eigenvalue weighted by molar-refractivity contribution is 0.0939. The summed E-state index contributed by atoms with van der Waals surface area (Å²) in [5, 5.41) is 0.746. The Hall–Kier alpha value is -1.91. The first-order chi connectivity index (χ1) is 11.6. The second kappa shape index (κ2) is 7.77. The van der Waals surface area contributed by atoms with E-state index in [9.17, 15) is 4.79 Å². The van der Waals surface area contributed by atoms with Crippen molar-refractivity contribution in [3.05, 3.63) is 76.0 Å². The summed E-state index contributed by atoms with van der Waals surface area (Å²) in [5.41, 5.74) is 9.97. The molecule has 5 heteroatoms. The average molecular weight is 359 g/mol. The minimum absolute atomic E-state index is 0.118. The summed E-state index contributed by atoms with van der Waals surface area (Å²) < 4.78 is 0. The predicted molar refractivity (Wildman–Crippen MR) is 100.0 cm³/mol. The lowest BCUT2D eigenvalue weighted by Gasteiger charge is -2.09. The minimum atomic E-state index is -0.118. The molecular weight excluding hydrogens is 340 g/mol. The zero-order chi connectivity index (χ0) is 16.9. The number of rotatable bonds is 6. The zero-order valence-corrected chi connectivity index (χ0v) is 15.0. The quantitative estimate of drug-likeness (QED) is 0.568. The molecule has 2 aromatic rings. The van der Waals surface area contributed by atoms with Crippen LogP contribution in [-0.2, 0) is 5.75 Å². The maximum Gasteiger partial charge on any atom is 0.269 e. The molecule has 3 nitrogen and oxygen atoms in total. The van der Waals surface area contributed by atoms with Crippen LogP contribution >= 0.6 is 23.4 Å². The Kier molecular flexibility index (Phi) is 5.48. The zero-order valence-electron chi connectivity index (χ0n) is 13.4. The maximum atomic E-state index is 12.1. The number of carbonyl (C=O) groups excluding carboxylic acids is 1. The van der Waals surface area contributed by atoms with E-state index in [1.807, 2.05) is 55.5 Å². The van der Waals surface area contributed by atoms with Crippen molar-refractivity contribution >= 4 is 29.3 Å². The minimum Gasteiger partial charge on any atom is -0.303 e. The van der Waals surface area contributed by atoms with Crippen LogP contribution in [-0.4, -0.2) is 5.91 Å². The standard InChI is InChI=1S/C19H19ClN2OS/c1-13(15-6-7-15)21-22-19(23)16-4-2-14(3-5-16)12-24-18-10-8-17(20)9-11-18/h2-5,8-11,21H,6-7,12H2,1H3,(H,22,23). The van der Waals surface area contributed by atoms with Crippen molar-refractivity contribution < 1.29 is 4.79 Å². The van der Waals surface area contributed by atoms with Crippen LogP contribution in [0.25, 0.3) is 0 Å². The van der Waals surface area contributed by atoms with Gasteiger partial charge in [0.15, 0.2) is 0 Å². The molecule has 1 aliphatic rings. The van der Waals surface area contributed by atoms with Crippen molar-refractivity contribution in [1.82, 2.24) is 10.9 Å². The Morgan fingerprint density at radius 1 is 1.04 bits per heavy atom. The van der Waals surface area contributed by atoms with Gasteiger partial charge in [0.25, 0.3) is 5.91 Å². The van der Waals surface area contributed by atoms with Crippen LogP contribution in [0.4, 0.5) is 0 Å². The Morgan fingerprint density at radius 3 is 2.33 bits per heavy atom. The molecule has 0 saturated heterocycles. The Morgan fingerprint density at radius 2 is 1.71 bits per heavy atom. The van der Waals surface area contributed by atoms with E-state index in [1.165, 1.54) is 16.0 Å². The highest BCUT2D eigenvalue weighted by Crippen LogP contribution is 2.29. The molecule has 0 aromatic heterocycles. The summed E-state index contributed by atoms with van der Waals surface area (Å²) in [7, 11) is 0. The topological polar surface area (TPSA) is 41.1 Å². The lowest BCUT2D eigenvalue weighted by Crippen LogP contribution is -2.36. The number of carbonyl (C=O) groups is 1. The third kappa shape index (κ3) is 4.79. The molecule has 1 fully saturated rings. The molecule has 124 valence electrons. The van der Waals surface area contributed by atoms with Gasteiger partial charge >= 0.3 is 0 Å². The SMILES string of the molecule is CC(NNC(=O)c1ccc(CSc2ccc(Cl)cc2)cc1)=C1CC1. The van der Waals surface area contributed by atoms with E-state index in [0.717, 1.165) is 29.3 Å². The number of hydrogen-bond acceptors (Lipinski definition) is 3. The Balaban J connectivity index is 1.51. The van der Waals surface area contributed by atoms with E-state index in [1.54, 1.807) is 11.8 Å². The number of halogens is 1. The molecule has 0 unspecified atom stereocenters. The van der Waals surface area contributed by atoms with Crippen molar-refractivity contribution in [2.45, 2.75) is 30.4 Å². The van der Waals surface area contributed by atoms with E-state index >= 15 is 0 Å². The Bertz CT molecular complexity index is 748. The molecule has 1 aliphatic carbocycles. The summed E-state index contributed by atoms with van der Waals surface area (Å²) >= 11 is 7.63. The summed E-state index contributed by atoms with van der Waals surface area (Å²) in [6, 6.07) is 15.5. The van der Waals surface area contributed by atoms with Crippen LogP contribution in [0.5, 0.6) is 0 Å². The van der Waals surface area contributed by atoms with Gasteiger partial charge < -0.3 is 5.43 Å². The third-order valence-electron chi connectivity index (χ3n) is 3.83. The fourth-order valence-electron chi connectivity index (χ4n) is 2.20. The normalized spacial score (nSPS) is 12.7. The van der Waals surface area contributed by atoms with Crippen molar-refractivity contribution in [3.63, 3.8) is 0 Å². The van der Waals surface area contributed by atoms with Gasteiger partial charge in [0.05, 0.1) is 0 Å². The van der Waals surface area contributed by atoms with Gasteiger partial charge in [-0.1, -0.05) is 23.7 Å². The molecule has 1 saturated carbocycles. The fourth-order valence-corrected chi connectivity index (χ4v) is 3.18. The van der Waals surface area contributed by atoms with Crippen molar-refractivity contribution in [2.75, 3.05) is 0 Å². The van der Waals surface area contributed by atoms with Crippen molar-refractivity contribution in [1.29, 1.82) is 0 Å². The second-order valence-corrected chi connectivity index (χ2v) is 7.23. The molecule has 1 amide bonds. The molecule has 0 bridgehead atoms. The van der Waals surface area contributed by atoms with Crippen LogP contribution in [0.15, 0.2) is 64.7 Å². The number of amides is 1. The van der Waals surface area contributed by atoms with Crippen LogP contribution in [0, 0.1) is 0 Å². The number of thioether (sulfide) groups is 1. The highest BCUT2D eigenvalue weighted by atomic mass is 35.5. The summed E-state index contributed by atoms with van der Waals surface area (Å²) in [5.74, 6) is 0.736. The second-order valence-electron chi connectivity index (χ2n) is 5.75. The first-order valence-corrected chi connectivity index (χ1v) is 9.20. The molecule has 0 heterocycles. The third-order valence-corrected chi connectivity index (χ3v) is 5.16.